The van der Waals surface area contributed by atoms with Crippen LogP contribution in [0.25, 0.3) is 0 Å². The molecule has 3 nitrogen and oxygen atoms in total. The van der Waals surface area contributed by atoms with Crippen LogP contribution in [-0.4, -0.2) is 38.7 Å². The van der Waals surface area contributed by atoms with Gasteiger partial charge in [0.15, 0.2) is 0 Å². The van der Waals surface area contributed by atoms with Gasteiger partial charge in [-0.2, -0.15) is 0 Å². The Hall–Kier alpha value is -1.13. The molecule has 1 aromatic carbocycles. The third-order valence-corrected chi connectivity index (χ3v) is 2.96. The summed E-state index contributed by atoms with van der Waals surface area (Å²) in [4.78, 5) is 2.11. The van der Waals surface area contributed by atoms with Gasteiger partial charge in [0.2, 0.25) is 0 Å². The SMILES string of the molecule is CCNC(C)c1c(F)cccc1OCCCN(C)C. The maximum atomic E-state index is 13.9. The van der Waals surface area contributed by atoms with Gasteiger partial charge in [0.25, 0.3) is 0 Å². The van der Waals surface area contributed by atoms with E-state index in [-0.39, 0.29) is 11.9 Å². The molecule has 0 aliphatic heterocycles. The van der Waals surface area contributed by atoms with E-state index < -0.39 is 0 Å². The molecule has 1 aromatic rings. The smallest absolute Gasteiger partial charge is 0.131 e. The first-order chi connectivity index (χ1) is 9.06. The van der Waals surface area contributed by atoms with Crippen molar-refractivity contribution in [2.45, 2.75) is 26.3 Å². The Balaban J connectivity index is 2.68. The lowest BCUT2D eigenvalue weighted by atomic mass is 10.1. The highest BCUT2D eigenvalue weighted by Crippen LogP contribution is 2.27. The minimum Gasteiger partial charge on any atom is -0.493 e. The van der Waals surface area contributed by atoms with E-state index in [1.54, 1.807) is 6.07 Å². The highest BCUT2D eigenvalue weighted by molar-refractivity contribution is 5.37. The van der Waals surface area contributed by atoms with E-state index in [0.717, 1.165) is 19.5 Å². The van der Waals surface area contributed by atoms with Crippen molar-refractivity contribution < 1.29 is 9.13 Å². The van der Waals surface area contributed by atoms with Crippen molar-refractivity contribution in [2.75, 3.05) is 33.8 Å². The zero-order chi connectivity index (χ0) is 14.3. The molecule has 1 unspecified atom stereocenters. The number of halogens is 1. The quantitative estimate of drug-likeness (QED) is 0.734. The standard InChI is InChI=1S/C15H25FN2O/c1-5-17-12(2)15-13(16)8-6-9-14(15)19-11-7-10-18(3)4/h6,8-9,12,17H,5,7,10-11H2,1-4H3. The average Bonchev–Trinajstić information content (AvgIpc) is 2.34. The molecule has 0 aromatic heterocycles. The zero-order valence-corrected chi connectivity index (χ0v) is 12.4. The summed E-state index contributed by atoms with van der Waals surface area (Å²) < 4.78 is 19.7. The number of nitrogens with one attached hydrogen (secondary N) is 1. The van der Waals surface area contributed by atoms with Crippen molar-refractivity contribution >= 4 is 0 Å². The Labute approximate surface area is 115 Å². The molecule has 108 valence electrons. The van der Waals surface area contributed by atoms with Crippen LogP contribution in [0.5, 0.6) is 5.75 Å². The van der Waals surface area contributed by atoms with Crippen molar-refractivity contribution in [3.63, 3.8) is 0 Å². The van der Waals surface area contributed by atoms with Crippen LogP contribution >= 0.6 is 0 Å². The summed E-state index contributed by atoms with van der Waals surface area (Å²) in [5.41, 5.74) is 0.620. The molecular weight excluding hydrogens is 243 g/mol. The first kappa shape index (κ1) is 15.9. The van der Waals surface area contributed by atoms with E-state index in [0.29, 0.717) is 17.9 Å². The maximum Gasteiger partial charge on any atom is 0.131 e. The first-order valence-electron chi connectivity index (χ1n) is 6.85. The molecule has 0 radical (unpaired) electrons. The molecule has 0 fully saturated rings. The van der Waals surface area contributed by atoms with E-state index in [2.05, 4.69) is 10.2 Å². The molecule has 1 atom stereocenters. The predicted molar refractivity (Wildman–Crippen MR) is 77.2 cm³/mol. The third-order valence-electron chi connectivity index (χ3n) is 2.96. The van der Waals surface area contributed by atoms with E-state index in [1.807, 2.05) is 34.0 Å². The molecule has 0 saturated carbocycles. The maximum absolute atomic E-state index is 13.9. The molecule has 4 heteroatoms. The highest BCUT2D eigenvalue weighted by Gasteiger charge is 2.15. The number of hydrogen-bond acceptors (Lipinski definition) is 3. The van der Waals surface area contributed by atoms with E-state index >= 15 is 0 Å². The Morgan fingerprint density at radius 2 is 2.11 bits per heavy atom. The molecule has 0 heterocycles. The normalized spacial score (nSPS) is 12.7. The molecule has 1 N–H and O–H groups in total. The number of rotatable bonds is 8. The summed E-state index contributed by atoms with van der Waals surface area (Å²) in [7, 11) is 4.06. The average molecular weight is 268 g/mol. The Bertz CT molecular complexity index is 382. The van der Waals surface area contributed by atoms with Crippen molar-refractivity contribution in [3.8, 4) is 5.75 Å². The van der Waals surface area contributed by atoms with Crippen molar-refractivity contribution in [1.29, 1.82) is 0 Å². The molecule has 0 aliphatic carbocycles. The third kappa shape index (κ3) is 5.17. The summed E-state index contributed by atoms with van der Waals surface area (Å²) in [5.74, 6) is 0.436. The van der Waals surface area contributed by atoms with Crippen LogP contribution in [0.15, 0.2) is 18.2 Å². The van der Waals surface area contributed by atoms with Crippen LogP contribution in [0.4, 0.5) is 4.39 Å². The van der Waals surface area contributed by atoms with Gasteiger partial charge >= 0.3 is 0 Å². The topological polar surface area (TPSA) is 24.5 Å². The fourth-order valence-corrected chi connectivity index (χ4v) is 2.03. The van der Waals surface area contributed by atoms with Gasteiger partial charge in [-0.1, -0.05) is 13.0 Å². The van der Waals surface area contributed by atoms with Gasteiger partial charge < -0.3 is 15.0 Å². The van der Waals surface area contributed by atoms with Gasteiger partial charge in [0.1, 0.15) is 11.6 Å². The molecule has 19 heavy (non-hydrogen) atoms. The monoisotopic (exact) mass is 268 g/mol. The van der Waals surface area contributed by atoms with Gasteiger partial charge in [0, 0.05) is 18.2 Å². The van der Waals surface area contributed by atoms with Crippen LogP contribution in [0, 0.1) is 5.82 Å². The number of hydrogen-bond donors (Lipinski definition) is 1. The van der Waals surface area contributed by atoms with E-state index in [9.17, 15) is 4.39 Å². The van der Waals surface area contributed by atoms with Gasteiger partial charge in [-0.3, -0.25) is 0 Å². The van der Waals surface area contributed by atoms with E-state index in [1.165, 1.54) is 6.07 Å². The zero-order valence-electron chi connectivity index (χ0n) is 12.4. The second kappa shape index (κ2) is 8.12. The molecule has 0 aliphatic rings. The van der Waals surface area contributed by atoms with Gasteiger partial charge in [-0.15, -0.1) is 0 Å². The van der Waals surface area contributed by atoms with E-state index in [4.69, 9.17) is 4.74 Å². The van der Waals surface area contributed by atoms with Crippen molar-refractivity contribution in [3.05, 3.63) is 29.6 Å². The Morgan fingerprint density at radius 1 is 1.37 bits per heavy atom. The molecule has 1 rings (SSSR count). The minimum absolute atomic E-state index is 0.0463. The fourth-order valence-electron chi connectivity index (χ4n) is 2.03. The summed E-state index contributed by atoms with van der Waals surface area (Å²) in [6.07, 6.45) is 0.929. The molecule has 0 spiro atoms. The molecule has 0 bridgehead atoms. The van der Waals surface area contributed by atoms with Crippen LogP contribution in [0.2, 0.25) is 0 Å². The summed E-state index contributed by atoms with van der Waals surface area (Å²) in [6, 6.07) is 4.96. The lowest BCUT2D eigenvalue weighted by Crippen LogP contribution is -2.20. The van der Waals surface area contributed by atoms with Crippen LogP contribution < -0.4 is 10.1 Å². The number of benzene rings is 1. The predicted octanol–water partition coefficient (Wildman–Crippen LogP) is 2.83. The van der Waals surface area contributed by atoms with Crippen molar-refractivity contribution in [2.24, 2.45) is 0 Å². The van der Waals surface area contributed by atoms with Gasteiger partial charge in [-0.25, -0.2) is 4.39 Å². The van der Waals surface area contributed by atoms with Crippen LogP contribution in [0.1, 0.15) is 31.9 Å². The molecule has 0 amide bonds. The van der Waals surface area contributed by atoms with Crippen LogP contribution in [0.3, 0.4) is 0 Å². The summed E-state index contributed by atoms with van der Waals surface area (Å²) in [6.45, 7) is 6.33. The molecular formula is C15H25FN2O. The lowest BCUT2D eigenvalue weighted by molar-refractivity contribution is 0.276. The second-order valence-electron chi connectivity index (χ2n) is 4.94. The van der Waals surface area contributed by atoms with Gasteiger partial charge in [-0.05, 0) is 46.1 Å². The largest absolute Gasteiger partial charge is 0.493 e. The second-order valence-corrected chi connectivity index (χ2v) is 4.94. The van der Waals surface area contributed by atoms with Gasteiger partial charge in [0.05, 0.1) is 6.61 Å². The molecule has 0 saturated heterocycles. The fraction of sp³-hybridized carbons (Fsp3) is 0.600. The Kier molecular flexibility index (Phi) is 6.81. The summed E-state index contributed by atoms with van der Waals surface area (Å²) >= 11 is 0. The summed E-state index contributed by atoms with van der Waals surface area (Å²) in [5, 5.41) is 3.22. The first-order valence-corrected chi connectivity index (χ1v) is 6.85. The Morgan fingerprint density at radius 3 is 2.74 bits per heavy atom. The van der Waals surface area contributed by atoms with Crippen LogP contribution in [-0.2, 0) is 0 Å². The lowest BCUT2D eigenvalue weighted by Gasteiger charge is -2.18. The number of ether oxygens (including phenoxy) is 1. The minimum atomic E-state index is -0.210. The van der Waals surface area contributed by atoms with Crippen molar-refractivity contribution in [1.82, 2.24) is 10.2 Å². The highest BCUT2D eigenvalue weighted by atomic mass is 19.1. The number of nitrogens with zero attached hydrogens (tertiary/aromatic N) is 1.